The van der Waals surface area contributed by atoms with Crippen molar-refractivity contribution in [2.45, 2.75) is 44.6 Å². The van der Waals surface area contributed by atoms with Crippen LogP contribution in [0.4, 0.5) is 5.69 Å². The highest BCUT2D eigenvalue weighted by atomic mass is 32.2. The van der Waals surface area contributed by atoms with E-state index in [0.717, 1.165) is 6.42 Å². The van der Waals surface area contributed by atoms with E-state index in [4.69, 9.17) is 5.11 Å². The Labute approximate surface area is 148 Å². The predicted molar refractivity (Wildman–Crippen MR) is 95.3 cm³/mol. The number of nitrogens with one attached hydrogen (secondary N) is 2. The van der Waals surface area contributed by atoms with Crippen LogP contribution in [0.3, 0.4) is 0 Å². The molecule has 0 spiro atoms. The number of unbranched alkanes of at least 4 members (excludes halogenated alkanes) is 1. The molecule has 0 bridgehead atoms. The molecule has 142 valence electrons. The van der Waals surface area contributed by atoms with Crippen molar-refractivity contribution in [3.05, 3.63) is 24.3 Å². The number of benzene rings is 1. The van der Waals surface area contributed by atoms with Gasteiger partial charge < -0.3 is 5.11 Å². The lowest BCUT2D eigenvalue weighted by atomic mass is 10.1. The van der Waals surface area contributed by atoms with Crippen LogP contribution in [-0.4, -0.2) is 39.7 Å². The molecule has 10 heteroatoms. The molecule has 0 fully saturated rings. The summed E-state index contributed by atoms with van der Waals surface area (Å²) >= 11 is 0. The van der Waals surface area contributed by atoms with Crippen LogP contribution in [0.15, 0.2) is 29.2 Å². The van der Waals surface area contributed by atoms with Gasteiger partial charge in [-0.15, -0.1) is 0 Å². The molecular weight excluding hydrogens is 368 g/mol. The largest absolute Gasteiger partial charge is 0.480 e. The van der Waals surface area contributed by atoms with E-state index in [2.05, 4.69) is 9.44 Å². The summed E-state index contributed by atoms with van der Waals surface area (Å²) in [5, 5.41) is 9.09. The van der Waals surface area contributed by atoms with Crippen molar-refractivity contribution in [2.75, 3.05) is 10.5 Å². The number of aliphatic carboxylic acids is 1. The first-order chi connectivity index (χ1) is 11.5. The van der Waals surface area contributed by atoms with Gasteiger partial charge in [-0.1, -0.05) is 27.2 Å². The first-order valence-corrected chi connectivity index (χ1v) is 11.0. The maximum atomic E-state index is 12.3. The lowest BCUT2D eigenvalue weighted by Crippen LogP contribution is -2.44. The van der Waals surface area contributed by atoms with Gasteiger partial charge in [-0.3, -0.25) is 9.52 Å². The number of hydrogen-bond donors (Lipinski definition) is 3. The lowest BCUT2D eigenvalue weighted by Gasteiger charge is -2.18. The van der Waals surface area contributed by atoms with Gasteiger partial charge in [0, 0.05) is 5.69 Å². The van der Waals surface area contributed by atoms with Crippen LogP contribution >= 0.6 is 0 Å². The van der Waals surface area contributed by atoms with Gasteiger partial charge in [-0.05, 0) is 36.6 Å². The second kappa shape index (κ2) is 8.63. The van der Waals surface area contributed by atoms with E-state index in [1.165, 1.54) is 24.3 Å². The molecule has 1 aromatic carbocycles. The Morgan fingerprint density at radius 1 is 1.12 bits per heavy atom. The van der Waals surface area contributed by atoms with E-state index in [9.17, 15) is 21.6 Å². The van der Waals surface area contributed by atoms with Crippen molar-refractivity contribution in [3.8, 4) is 0 Å². The summed E-state index contributed by atoms with van der Waals surface area (Å²) in [6, 6.07) is 3.84. The van der Waals surface area contributed by atoms with Gasteiger partial charge in [0.2, 0.25) is 20.0 Å². The van der Waals surface area contributed by atoms with E-state index < -0.39 is 38.0 Å². The maximum Gasteiger partial charge on any atom is 0.322 e. The van der Waals surface area contributed by atoms with Crippen molar-refractivity contribution < 1.29 is 26.7 Å². The van der Waals surface area contributed by atoms with E-state index in [1.54, 1.807) is 13.8 Å². The Hall–Kier alpha value is -1.65. The monoisotopic (exact) mass is 392 g/mol. The molecule has 25 heavy (non-hydrogen) atoms. The van der Waals surface area contributed by atoms with Crippen molar-refractivity contribution >= 4 is 31.7 Å². The van der Waals surface area contributed by atoms with E-state index in [-0.39, 0.29) is 16.3 Å². The molecule has 0 aromatic heterocycles. The lowest BCUT2D eigenvalue weighted by molar-refractivity contribution is -0.140. The van der Waals surface area contributed by atoms with Crippen LogP contribution in [0.5, 0.6) is 0 Å². The standard InChI is InChI=1S/C15H24N2O6S2/c1-4-5-10-24(20,21)16-12-6-8-13(9-7-12)25(22,23)17-14(11(2)3)15(18)19/h6-9,11,14,16-17H,4-5,10H2,1-3H3,(H,18,19)/t14-/m1/s1. The second-order valence-electron chi connectivity index (χ2n) is 5.98. The highest BCUT2D eigenvalue weighted by molar-refractivity contribution is 7.92. The zero-order valence-corrected chi connectivity index (χ0v) is 16.0. The molecule has 0 saturated carbocycles. The number of hydrogen-bond acceptors (Lipinski definition) is 5. The Kier molecular flexibility index (Phi) is 7.39. The highest BCUT2D eigenvalue weighted by Gasteiger charge is 2.28. The smallest absolute Gasteiger partial charge is 0.322 e. The SMILES string of the molecule is CCCCS(=O)(=O)Nc1ccc(S(=O)(=O)N[C@@H](C(=O)O)C(C)C)cc1. The number of carboxylic acids is 1. The average molecular weight is 392 g/mol. The van der Waals surface area contributed by atoms with E-state index in [1.807, 2.05) is 6.92 Å². The molecule has 0 aliphatic carbocycles. The van der Waals surface area contributed by atoms with Crippen LogP contribution in [-0.2, 0) is 24.8 Å². The zero-order valence-electron chi connectivity index (χ0n) is 14.4. The van der Waals surface area contributed by atoms with Gasteiger partial charge in [-0.2, -0.15) is 4.72 Å². The van der Waals surface area contributed by atoms with Gasteiger partial charge in [0.1, 0.15) is 6.04 Å². The van der Waals surface area contributed by atoms with Crippen LogP contribution in [0, 0.1) is 5.92 Å². The molecule has 0 heterocycles. The van der Waals surface area contributed by atoms with Crippen LogP contribution in [0.25, 0.3) is 0 Å². The van der Waals surface area contributed by atoms with Gasteiger partial charge in [0.25, 0.3) is 0 Å². The maximum absolute atomic E-state index is 12.3. The predicted octanol–water partition coefficient (Wildman–Crippen LogP) is 1.62. The third kappa shape index (κ3) is 6.63. The number of sulfonamides is 2. The minimum absolute atomic E-state index is 0.0141. The van der Waals surface area contributed by atoms with Crippen LogP contribution < -0.4 is 9.44 Å². The quantitative estimate of drug-likeness (QED) is 0.555. The molecule has 0 saturated heterocycles. The third-order valence-corrected chi connectivity index (χ3v) is 6.25. The fraction of sp³-hybridized carbons (Fsp3) is 0.533. The Balaban J connectivity index is 2.92. The number of carbonyl (C=O) groups is 1. The minimum atomic E-state index is -4.03. The molecule has 1 aromatic rings. The summed E-state index contributed by atoms with van der Waals surface area (Å²) in [5.74, 6) is -1.71. The summed E-state index contributed by atoms with van der Waals surface area (Å²) < 4.78 is 52.7. The normalized spacial score (nSPS) is 13.6. The first-order valence-electron chi connectivity index (χ1n) is 7.84. The van der Waals surface area contributed by atoms with Crippen LogP contribution in [0.1, 0.15) is 33.6 Å². The van der Waals surface area contributed by atoms with Gasteiger partial charge in [-0.25, -0.2) is 16.8 Å². The third-order valence-electron chi connectivity index (χ3n) is 3.42. The highest BCUT2D eigenvalue weighted by Crippen LogP contribution is 2.17. The molecule has 0 aliphatic rings. The molecule has 0 amide bonds. The molecule has 0 unspecified atom stereocenters. The Morgan fingerprint density at radius 3 is 2.12 bits per heavy atom. The molecule has 0 radical (unpaired) electrons. The molecular formula is C15H24N2O6S2. The second-order valence-corrected chi connectivity index (χ2v) is 9.54. The summed E-state index contributed by atoms with van der Waals surface area (Å²) in [7, 11) is -7.51. The first kappa shape index (κ1) is 21.4. The van der Waals surface area contributed by atoms with Gasteiger partial charge in [0.05, 0.1) is 10.6 Å². The summed E-state index contributed by atoms with van der Waals surface area (Å²) in [4.78, 5) is 11.0. The molecule has 0 aliphatic heterocycles. The van der Waals surface area contributed by atoms with Gasteiger partial charge in [0.15, 0.2) is 0 Å². The summed E-state index contributed by atoms with van der Waals surface area (Å²) in [5.41, 5.74) is 0.244. The molecule has 8 nitrogen and oxygen atoms in total. The summed E-state index contributed by atoms with van der Waals surface area (Å²) in [6.07, 6.45) is 1.27. The van der Waals surface area contributed by atoms with Crippen molar-refractivity contribution in [1.29, 1.82) is 0 Å². The minimum Gasteiger partial charge on any atom is -0.480 e. The fourth-order valence-electron chi connectivity index (χ4n) is 1.97. The molecule has 1 rings (SSSR count). The van der Waals surface area contributed by atoms with Crippen molar-refractivity contribution in [1.82, 2.24) is 4.72 Å². The number of carboxylic acid groups (broad SMARTS) is 1. The average Bonchev–Trinajstić information content (AvgIpc) is 2.50. The van der Waals surface area contributed by atoms with Crippen molar-refractivity contribution in [2.24, 2.45) is 5.92 Å². The fourth-order valence-corrected chi connectivity index (χ4v) is 4.58. The van der Waals surface area contributed by atoms with E-state index in [0.29, 0.717) is 6.42 Å². The number of anilines is 1. The zero-order chi connectivity index (χ0) is 19.3. The van der Waals surface area contributed by atoms with Crippen molar-refractivity contribution in [3.63, 3.8) is 0 Å². The Bertz CT molecular complexity index is 786. The number of rotatable bonds is 10. The molecule has 3 N–H and O–H groups in total. The molecule has 1 atom stereocenters. The Morgan fingerprint density at radius 2 is 1.68 bits per heavy atom. The summed E-state index contributed by atoms with van der Waals surface area (Å²) in [6.45, 7) is 5.06. The van der Waals surface area contributed by atoms with Gasteiger partial charge >= 0.3 is 5.97 Å². The van der Waals surface area contributed by atoms with E-state index >= 15 is 0 Å². The topological polar surface area (TPSA) is 130 Å². The van der Waals surface area contributed by atoms with Crippen LogP contribution in [0.2, 0.25) is 0 Å².